The summed E-state index contributed by atoms with van der Waals surface area (Å²) in [7, 11) is 1.71. The van der Waals surface area contributed by atoms with Gasteiger partial charge in [0.25, 0.3) is 0 Å². The first kappa shape index (κ1) is 13.7. The molecule has 106 valence electrons. The monoisotopic (exact) mass is 287 g/mol. The third-order valence-electron chi connectivity index (χ3n) is 4.29. The molecule has 0 amide bonds. The first-order chi connectivity index (χ1) is 9.60. The lowest BCUT2D eigenvalue weighted by molar-refractivity contribution is 0.400. The zero-order valence-electron chi connectivity index (χ0n) is 12.2. The Hall–Kier alpha value is -1.32. The van der Waals surface area contributed by atoms with Crippen LogP contribution in [0.3, 0.4) is 0 Å². The molecular weight excluding hydrogens is 266 g/mol. The van der Waals surface area contributed by atoms with Gasteiger partial charge >= 0.3 is 0 Å². The first-order valence-electron chi connectivity index (χ1n) is 7.05. The lowest BCUT2D eigenvalue weighted by Gasteiger charge is -2.26. The molecule has 0 unspecified atom stereocenters. The number of thiophene rings is 1. The minimum Gasteiger partial charge on any atom is -0.497 e. The summed E-state index contributed by atoms with van der Waals surface area (Å²) in [6.07, 6.45) is 1.15. The number of methoxy groups -OCH3 is 1. The summed E-state index contributed by atoms with van der Waals surface area (Å²) in [4.78, 5) is 1.48. The normalized spacial score (nSPS) is 24.8. The van der Waals surface area contributed by atoms with Gasteiger partial charge in [-0.15, -0.1) is 11.3 Å². The van der Waals surface area contributed by atoms with Gasteiger partial charge in [0.05, 0.1) is 7.11 Å². The molecule has 1 aliphatic heterocycles. The number of benzene rings is 1. The molecule has 3 rings (SSSR count). The van der Waals surface area contributed by atoms with Crippen LogP contribution in [-0.2, 0) is 0 Å². The van der Waals surface area contributed by atoms with Crippen LogP contribution in [0, 0.1) is 0 Å². The molecular formula is C17H21NOS. The first-order valence-corrected chi connectivity index (χ1v) is 7.93. The highest BCUT2D eigenvalue weighted by Crippen LogP contribution is 2.45. The van der Waals surface area contributed by atoms with E-state index in [-0.39, 0.29) is 5.54 Å². The van der Waals surface area contributed by atoms with Crippen molar-refractivity contribution < 1.29 is 4.74 Å². The molecule has 3 heteroatoms. The minimum absolute atomic E-state index is 0.134. The fourth-order valence-corrected chi connectivity index (χ4v) is 4.18. The van der Waals surface area contributed by atoms with Crippen LogP contribution < -0.4 is 10.1 Å². The van der Waals surface area contributed by atoms with E-state index in [0.29, 0.717) is 12.0 Å². The Labute approximate surface area is 124 Å². The molecule has 0 spiro atoms. The predicted molar refractivity (Wildman–Crippen MR) is 84.6 cm³/mol. The molecule has 1 fully saturated rings. The van der Waals surface area contributed by atoms with Crippen LogP contribution in [0.2, 0.25) is 0 Å². The van der Waals surface area contributed by atoms with E-state index in [0.717, 1.165) is 12.2 Å². The molecule has 1 saturated heterocycles. The van der Waals surface area contributed by atoms with E-state index in [1.165, 1.54) is 10.4 Å². The van der Waals surface area contributed by atoms with Gasteiger partial charge in [-0.2, -0.15) is 0 Å². The predicted octanol–water partition coefficient (Wildman–Crippen LogP) is 4.35. The van der Waals surface area contributed by atoms with Crippen LogP contribution in [0.4, 0.5) is 0 Å². The Morgan fingerprint density at radius 1 is 1.20 bits per heavy atom. The van der Waals surface area contributed by atoms with Gasteiger partial charge in [-0.05, 0) is 49.4 Å². The van der Waals surface area contributed by atoms with Crippen LogP contribution in [0.15, 0.2) is 41.8 Å². The van der Waals surface area contributed by atoms with Crippen molar-refractivity contribution in [3.05, 3.63) is 52.2 Å². The van der Waals surface area contributed by atoms with E-state index in [9.17, 15) is 0 Å². The standard InChI is InChI=1S/C17H21NOS/c1-17(2)14(16-5-4-10-20-16)11-15(18-17)12-6-8-13(19-3)9-7-12/h4-10,14-15,18H,11H2,1-3H3/t14-,15+/m0/s1. The van der Waals surface area contributed by atoms with E-state index < -0.39 is 0 Å². The van der Waals surface area contributed by atoms with E-state index in [4.69, 9.17) is 4.74 Å². The third-order valence-corrected chi connectivity index (χ3v) is 5.28. The van der Waals surface area contributed by atoms with Gasteiger partial charge in [0.1, 0.15) is 5.75 Å². The van der Waals surface area contributed by atoms with Crippen molar-refractivity contribution in [2.45, 2.75) is 37.8 Å². The average molecular weight is 287 g/mol. The topological polar surface area (TPSA) is 21.3 Å². The molecule has 1 N–H and O–H groups in total. The zero-order chi connectivity index (χ0) is 14.2. The molecule has 20 heavy (non-hydrogen) atoms. The van der Waals surface area contributed by atoms with E-state index in [1.54, 1.807) is 7.11 Å². The molecule has 1 aromatic heterocycles. The van der Waals surface area contributed by atoms with Gasteiger partial charge < -0.3 is 10.1 Å². The maximum atomic E-state index is 5.23. The lowest BCUT2D eigenvalue weighted by Crippen LogP contribution is -2.37. The van der Waals surface area contributed by atoms with Gasteiger partial charge in [-0.25, -0.2) is 0 Å². The number of ether oxygens (including phenoxy) is 1. The fraction of sp³-hybridized carbons (Fsp3) is 0.412. The average Bonchev–Trinajstić information content (AvgIpc) is 3.06. The fourth-order valence-electron chi connectivity index (χ4n) is 3.16. The summed E-state index contributed by atoms with van der Waals surface area (Å²) >= 11 is 1.87. The third kappa shape index (κ3) is 2.48. The van der Waals surface area contributed by atoms with Crippen molar-refractivity contribution in [1.82, 2.24) is 5.32 Å². The molecule has 0 saturated carbocycles. The van der Waals surface area contributed by atoms with E-state index >= 15 is 0 Å². The van der Waals surface area contributed by atoms with Crippen LogP contribution in [0.5, 0.6) is 5.75 Å². The van der Waals surface area contributed by atoms with Crippen LogP contribution in [0.25, 0.3) is 0 Å². The highest BCUT2D eigenvalue weighted by Gasteiger charge is 2.41. The molecule has 0 radical (unpaired) electrons. The van der Waals surface area contributed by atoms with E-state index in [2.05, 4.69) is 48.8 Å². The van der Waals surface area contributed by atoms with Gasteiger partial charge in [-0.3, -0.25) is 0 Å². The van der Waals surface area contributed by atoms with Gasteiger partial charge in [0.2, 0.25) is 0 Å². The molecule has 2 nitrogen and oxygen atoms in total. The quantitative estimate of drug-likeness (QED) is 0.906. The van der Waals surface area contributed by atoms with Crippen molar-refractivity contribution in [1.29, 1.82) is 0 Å². The number of nitrogens with one attached hydrogen (secondary N) is 1. The number of hydrogen-bond donors (Lipinski definition) is 1. The van der Waals surface area contributed by atoms with Crippen molar-refractivity contribution in [3.63, 3.8) is 0 Å². The van der Waals surface area contributed by atoms with Crippen molar-refractivity contribution in [2.24, 2.45) is 0 Å². The Morgan fingerprint density at radius 2 is 1.95 bits per heavy atom. The minimum atomic E-state index is 0.134. The highest BCUT2D eigenvalue weighted by molar-refractivity contribution is 7.10. The maximum Gasteiger partial charge on any atom is 0.118 e. The Bertz CT molecular complexity index is 559. The summed E-state index contributed by atoms with van der Waals surface area (Å²) in [5.74, 6) is 1.50. The van der Waals surface area contributed by atoms with Crippen LogP contribution >= 0.6 is 11.3 Å². The van der Waals surface area contributed by atoms with Crippen molar-refractivity contribution in [2.75, 3.05) is 7.11 Å². The lowest BCUT2D eigenvalue weighted by atomic mass is 9.87. The van der Waals surface area contributed by atoms with Gasteiger partial charge in [0, 0.05) is 22.4 Å². The summed E-state index contributed by atoms with van der Waals surface area (Å²) in [6, 6.07) is 13.3. The molecule has 1 aliphatic rings. The number of hydrogen-bond acceptors (Lipinski definition) is 3. The second kappa shape index (κ2) is 5.23. The largest absolute Gasteiger partial charge is 0.497 e. The summed E-state index contributed by atoms with van der Waals surface area (Å²) < 4.78 is 5.23. The van der Waals surface area contributed by atoms with Crippen molar-refractivity contribution >= 4 is 11.3 Å². The molecule has 0 bridgehead atoms. The summed E-state index contributed by atoms with van der Waals surface area (Å²) in [5.41, 5.74) is 1.48. The van der Waals surface area contributed by atoms with Crippen LogP contribution in [-0.4, -0.2) is 12.6 Å². The molecule has 1 aromatic carbocycles. The maximum absolute atomic E-state index is 5.23. The molecule has 2 aromatic rings. The summed E-state index contributed by atoms with van der Waals surface area (Å²) in [6.45, 7) is 4.61. The van der Waals surface area contributed by atoms with Gasteiger partial charge in [-0.1, -0.05) is 18.2 Å². The molecule has 0 aliphatic carbocycles. The summed E-state index contributed by atoms with van der Waals surface area (Å²) in [5, 5.41) is 5.96. The van der Waals surface area contributed by atoms with Gasteiger partial charge in [0.15, 0.2) is 0 Å². The van der Waals surface area contributed by atoms with Crippen molar-refractivity contribution in [3.8, 4) is 5.75 Å². The Morgan fingerprint density at radius 3 is 2.55 bits per heavy atom. The van der Waals surface area contributed by atoms with Crippen LogP contribution in [0.1, 0.15) is 42.7 Å². The second-order valence-corrected chi connectivity index (χ2v) is 6.97. The second-order valence-electron chi connectivity index (χ2n) is 6.00. The SMILES string of the molecule is COc1ccc([C@H]2C[C@@H](c3cccs3)C(C)(C)N2)cc1. The Balaban J connectivity index is 1.83. The highest BCUT2D eigenvalue weighted by atomic mass is 32.1. The zero-order valence-corrected chi connectivity index (χ0v) is 13.0. The molecule has 2 atom stereocenters. The van der Waals surface area contributed by atoms with E-state index in [1.807, 2.05) is 23.5 Å². The molecule has 2 heterocycles. The smallest absolute Gasteiger partial charge is 0.118 e. The number of rotatable bonds is 3. The Kier molecular flexibility index (Phi) is 3.57.